The van der Waals surface area contributed by atoms with Crippen LogP contribution in [-0.4, -0.2) is 12.6 Å². The number of carbonyl (C=O) groups is 1. The lowest BCUT2D eigenvalue weighted by Gasteiger charge is -2.17. The van der Waals surface area contributed by atoms with E-state index >= 15 is 0 Å². The average Bonchev–Trinajstić information content (AvgIpc) is 2.88. The summed E-state index contributed by atoms with van der Waals surface area (Å²) >= 11 is 0. The van der Waals surface area contributed by atoms with E-state index in [1.54, 1.807) is 0 Å². The number of hydrogen-bond donors (Lipinski definition) is 0. The first-order chi connectivity index (χ1) is 8.93. The zero-order valence-electron chi connectivity index (χ0n) is 12.6. The van der Waals surface area contributed by atoms with Crippen LogP contribution >= 0.6 is 0 Å². The van der Waals surface area contributed by atoms with E-state index in [1.807, 2.05) is 0 Å². The molecule has 2 rings (SSSR count). The number of allylic oxidation sites excluding steroid dienone is 4. The van der Waals surface area contributed by atoms with E-state index in [4.69, 9.17) is 4.74 Å². The molecule has 0 heterocycles. The van der Waals surface area contributed by atoms with Crippen molar-refractivity contribution in [3.05, 3.63) is 23.8 Å². The molecular weight excluding hydrogens is 236 g/mol. The van der Waals surface area contributed by atoms with E-state index in [2.05, 4.69) is 45.9 Å². The molecule has 2 heteroatoms. The number of ether oxygens (including phenoxy) is 1. The zero-order chi connectivity index (χ0) is 14.0. The smallest absolute Gasteiger partial charge is 0.310 e. The second-order valence-electron chi connectivity index (χ2n) is 6.85. The number of rotatable bonds is 4. The second kappa shape index (κ2) is 5.52. The third-order valence-corrected chi connectivity index (χ3v) is 4.52. The summed E-state index contributed by atoms with van der Waals surface area (Å²) in [4.78, 5) is 12.2. The summed E-state index contributed by atoms with van der Waals surface area (Å²) in [5.74, 6) is 0.942. The van der Waals surface area contributed by atoms with Crippen LogP contribution in [0, 0.1) is 23.2 Å². The summed E-state index contributed by atoms with van der Waals surface area (Å²) in [6.45, 7) is 9.09. The van der Waals surface area contributed by atoms with Gasteiger partial charge in [0.25, 0.3) is 0 Å². The van der Waals surface area contributed by atoms with Gasteiger partial charge in [0, 0.05) is 0 Å². The summed E-state index contributed by atoms with van der Waals surface area (Å²) in [6, 6.07) is 0. The number of carbonyl (C=O) groups excluding carboxylic acids is 1. The summed E-state index contributed by atoms with van der Waals surface area (Å²) in [5.41, 5.74) is 1.35. The first kappa shape index (κ1) is 14.4. The van der Waals surface area contributed by atoms with Gasteiger partial charge in [-0.05, 0) is 50.4 Å². The Hall–Kier alpha value is -1.05. The minimum absolute atomic E-state index is 0.00190. The molecular formula is C17H26O2. The lowest BCUT2D eigenvalue weighted by Crippen LogP contribution is -2.17. The quantitative estimate of drug-likeness (QED) is 0.562. The fraction of sp³-hybridized carbons (Fsp3) is 0.706. The van der Waals surface area contributed by atoms with Crippen molar-refractivity contribution in [2.24, 2.45) is 23.2 Å². The Morgan fingerprint density at radius 1 is 1.37 bits per heavy atom. The highest BCUT2D eigenvalue weighted by Gasteiger charge is 2.61. The molecule has 0 amide bonds. The molecule has 19 heavy (non-hydrogen) atoms. The lowest BCUT2D eigenvalue weighted by molar-refractivity contribution is -0.147. The highest BCUT2D eigenvalue weighted by Crippen LogP contribution is 2.59. The minimum Gasteiger partial charge on any atom is -0.465 e. The van der Waals surface area contributed by atoms with Crippen molar-refractivity contribution in [3.63, 3.8) is 0 Å². The van der Waals surface area contributed by atoms with E-state index in [9.17, 15) is 4.79 Å². The first-order valence-corrected chi connectivity index (χ1v) is 7.39. The Morgan fingerprint density at radius 3 is 2.68 bits per heavy atom. The summed E-state index contributed by atoms with van der Waals surface area (Å²) in [6.07, 6.45) is 9.96. The van der Waals surface area contributed by atoms with Crippen molar-refractivity contribution in [2.75, 3.05) is 6.61 Å². The highest BCUT2D eigenvalue weighted by atomic mass is 16.5. The van der Waals surface area contributed by atoms with Crippen LogP contribution < -0.4 is 0 Å². The van der Waals surface area contributed by atoms with Crippen LogP contribution in [0.3, 0.4) is 0 Å². The van der Waals surface area contributed by atoms with Gasteiger partial charge < -0.3 is 4.74 Å². The van der Waals surface area contributed by atoms with Crippen LogP contribution in [0.1, 0.15) is 47.0 Å². The Morgan fingerprint density at radius 2 is 2.11 bits per heavy atom. The number of hydrogen-bond acceptors (Lipinski definition) is 2. The van der Waals surface area contributed by atoms with Crippen molar-refractivity contribution in [1.82, 2.24) is 0 Å². The standard InChI is InChI=1S/C17H26O2/c1-12(2)10-14-15(17(14,3)4)16(18)19-11-13-8-6-5-7-9-13/h5-6,10,13-15H,7-9,11H2,1-4H3. The monoisotopic (exact) mass is 262 g/mol. The molecule has 0 aromatic rings. The molecule has 0 aromatic carbocycles. The van der Waals surface area contributed by atoms with Crippen molar-refractivity contribution in [3.8, 4) is 0 Å². The van der Waals surface area contributed by atoms with Crippen LogP contribution in [0.15, 0.2) is 23.8 Å². The molecule has 0 radical (unpaired) electrons. The molecule has 0 aromatic heterocycles. The van der Waals surface area contributed by atoms with Gasteiger partial charge in [0.15, 0.2) is 0 Å². The van der Waals surface area contributed by atoms with Crippen LogP contribution in [0.2, 0.25) is 0 Å². The Kier molecular flexibility index (Phi) is 4.17. The van der Waals surface area contributed by atoms with Gasteiger partial charge in [-0.2, -0.15) is 0 Å². The zero-order valence-corrected chi connectivity index (χ0v) is 12.6. The van der Waals surface area contributed by atoms with Gasteiger partial charge in [-0.25, -0.2) is 0 Å². The largest absolute Gasteiger partial charge is 0.465 e. The fourth-order valence-corrected chi connectivity index (χ4v) is 3.10. The van der Waals surface area contributed by atoms with E-state index in [-0.39, 0.29) is 17.3 Å². The maximum absolute atomic E-state index is 12.2. The highest BCUT2D eigenvalue weighted by molar-refractivity contribution is 5.78. The molecule has 3 atom stereocenters. The Bertz CT molecular complexity index is 399. The van der Waals surface area contributed by atoms with Gasteiger partial charge >= 0.3 is 5.97 Å². The van der Waals surface area contributed by atoms with E-state index in [0.29, 0.717) is 18.4 Å². The van der Waals surface area contributed by atoms with E-state index in [0.717, 1.165) is 19.3 Å². The molecule has 3 unspecified atom stereocenters. The molecule has 0 spiro atoms. The second-order valence-corrected chi connectivity index (χ2v) is 6.85. The van der Waals surface area contributed by atoms with Crippen LogP contribution in [-0.2, 0) is 9.53 Å². The molecule has 0 aliphatic heterocycles. The summed E-state index contributed by atoms with van der Waals surface area (Å²) in [5, 5.41) is 0. The summed E-state index contributed by atoms with van der Waals surface area (Å²) in [7, 11) is 0. The van der Waals surface area contributed by atoms with Crippen molar-refractivity contribution < 1.29 is 9.53 Å². The van der Waals surface area contributed by atoms with Gasteiger partial charge in [0.1, 0.15) is 0 Å². The van der Waals surface area contributed by atoms with Gasteiger partial charge in [-0.15, -0.1) is 0 Å². The van der Waals surface area contributed by atoms with Crippen molar-refractivity contribution in [1.29, 1.82) is 0 Å². The summed E-state index contributed by atoms with van der Waals surface area (Å²) < 4.78 is 5.55. The van der Waals surface area contributed by atoms with E-state index in [1.165, 1.54) is 5.57 Å². The van der Waals surface area contributed by atoms with Gasteiger partial charge in [0.05, 0.1) is 12.5 Å². The molecule has 2 nitrogen and oxygen atoms in total. The third kappa shape index (κ3) is 3.29. The van der Waals surface area contributed by atoms with Gasteiger partial charge in [-0.1, -0.05) is 37.6 Å². The molecule has 0 bridgehead atoms. The Balaban J connectivity index is 1.84. The normalized spacial score (nSPS) is 31.7. The van der Waals surface area contributed by atoms with Crippen molar-refractivity contribution in [2.45, 2.75) is 47.0 Å². The van der Waals surface area contributed by atoms with Crippen LogP contribution in [0.5, 0.6) is 0 Å². The molecule has 1 fully saturated rings. The molecule has 2 aliphatic carbocycles. The maximum atomic E-state index is 12.2. The Labute approximate surface area is 116 Å². The molecule has 0 saturated heterocycles. The maximum Gasteiger partial charge on any atom is 0.310 e. The third-order valence-electron chi connectivity index (χ3n) is 4.52. The molecule has 1 saturated carbocycles. The van der Waals surface area contributed by atoms with Crippen molar-refractivity contribution >= 4 is 5.97 Å². The topological polar surface area (TPSA) is 26.3 Å². The van der Waals surface area contributed by atoms with Gasteiger partial charge in [-0.3, -0.25) is 4.79 Å². The van der Waals surface area contributed by atoms with Gasteiger partial charge in [0.2, 0.25) is 0 Å². The average molecular weight is 262 g/mol. The fourth-order valence-electron chi connectivity index (χ4n) is 3.10. The predicted molar refractivity (Wildman–Crippen MR) is 77.6 cm³/mol. The molecule has 0 N–H and O–H groups in total. The predicted octanol–water partition coefficient (Wildman–Crippen LogP) is 4.12. The SMILES string of the molecule is CC(C)=CC1C(C(=O)OCC2CC=CCC2)C1(C)C. The minimum atomic E-state index is 0.00190. The molecule has 2 aliphatic rings. The first-order valence-electron chi connectivity index (χ1n) is 7.39. The number of esters is 1. The van der Waals surface area contributed by atoms with Crippen LogP contribution in [0.4, 0.5) is 0 Å². The van der Waals surface area contributed by atoms with Crippen LogP contribution in [0.25, 0.3) is 0 Å². The lowest BCUT2D eigenvalue weighted by atomic mass is 9.95. The van der Waals surface area contributed by atoms with E-state index < -0.39 is 0 Å². The molecule has 106 valence electrons.